The molecule has 1 aromatic rings. The summed E-state index contributed by atoms with van der Waals surface area (Å²) in [4.78, 5) is 14.9. The van der Waals surface area contributed by atoms with Crippen LogP contribution in [0.3, 0.4) is 0 Å². The van der Waals surface area contributed by atoms with Crippen LogP contribution in [-0.4, -0.2) is 29.9 Å². The molecule has 0 bridgehead atoms. The summed E-state index contributed by atoms with van der Waals surface area (Å²) in [5.74, 6) is 0.680. The van der Waals surface area contributed by atoms with E-state index in [1.54, 1.807) is 0 Å². The van der Waals surface area contributed by atoms with Gasteiger partial charge in [0.1, 0.15) is 0 Å². The molecule has 1 amide bonds. The van der Waals surface area contributed by atoms with Crippen molar-refractivity contribution in [2.45, 2.75) is 57.4 Å². The molecule has 1 aliphatic heterocycles. The van der Waals surface area contributed by atoms with E-state index in [9.17, 15) is 4.79 Å². The number of amides is 1. The number of carbonyl (C=O) groups excluding carboxylic acids is 1. The zero-order chi connectivity index (χ0) is 14.7. The maximum absolute atomic E-state index is 12.7. The molecule has 3 rings (SSSR count). The van der Waals surface area contributed by atoms with E-state index in [0.717, 1.165) is 13.1 Å². The average Bonchev–Trinajstić information content (AvgIpc) is 2.92. The number of para-hydroxylation sites is 1. The molecule has 0 radical (unpaired) electrons. The van der Waals surface area contributed by atoms with Gasteiger partial charge in [0.15, 0.2) is 0 Å². The van der Waals surface area contributed by atoms with Crippen LogP contribution in [0.5, 0.6) is 0 Å². The molecule has 1 heterocycles. The van der Waals surface area contributed by atoms with Crippen molar-refractivity contribution < 1.29 is 4.79 Å². The first-order valence-corrected chi connectivity index (χ1v) is 8.42. The summed E-state index contributed by atoms with van der Waals surface area (Å²) in [5.41, 5.74) is 2.52. The Kier molecular flexibility index (Phi) is 4.47. The molecular formula is C18H26N2O. The first kappa shape index (κ1) is 14.4. The van der Waals surface area contributed by atoms with Crippen LogP contribution in [0.2, 0.25) is 0 Å². The van der Waals surface area contributed by atoms with Crippen molar-refractivity contribution in [3.63, 3.8) is 0 Å². The van der Waals surface area contributed by atoms with Gasteiger partial charge >= 0.3 is 0 Å². The van der Waals surface area contributed by atoms with Crippen molar-refractivity contribution >= 4 is 11.6 Å². The fourth-order valence-corrected chi connectivity index (χ4v) is 3.90. The van der Waals surface area contributed by atoms with Crippen molar-refractivity contribution in [2.24, 2.45) is 0 Å². The number of fused-ring (bicyclic) bond motifs is 1. The van der Waals surface area contributed by atoms with Gasteiger partial charge in [-0.2, -0.15) is 0 Å². The van der Waals surface area contributed by atoms with E-state index in [1.165, 1.54) is 43.4 Å². The highest BCUT2D eigenvalue weighted by atomic mass is 16.2. The third-order valence-corrected chi connectivity index (χ3v) is 5.04. The Labute approximate surface area is 127 Å². The van der Waals surface area contributed by atoms with Gasteiger partial charge in [0, 0.05) is 37.2 Å². The summed E-state index contributed by atoms with van der Waals surface area (Å²) in [6.45, 7) is 3.87. The number of hydrogen-bond donors (Lipinski definition) is 1. The van der Waals surface area contributed by atoms with E-state index in [0.29, 0.717) is 24.3 Å². The van der Waals surface area contributed by atoms with Gasteiger partial charge in [-0.3, -0.25) is 4.79 Å². The molecule has 1 unspecified atom stereocenters. The monoisotopic (exact) mass is 286 g/mol. The maximum Gasteiger partial charge on any atom is 0.223 e. The fourth-order valence-electron chi connectivity index (χ4n) is 3.90. The minimum atomic E-state index is 0.339. The van der Waals surface area contributed by atoms with Gasteiger partial charge in [0.2, 0.25) is 5.91 Å². The van der Waals surface area contributed by atoms with E-state index in [2.05, 4.69) is 41.4 Å². The van der Waals surface area contributed by atoms with Crippen LogP contribution in [-0.2, 0) is 4.79 Å². The minimum Gasteiger partial charge on any atom is -0.384 e. The predicted molar refractivity (Wildman–Crippen MR) is 86.5 cm³/mol. The summed E-state index contributed by atoms with van der Waals surface area (Å²) in [7, 11) is 0. The summed E-state index contributed by atoms with van der Waals surface area (Å²) in [6.07, 6.45) is 6.93. The highest BCUT2D eigenvalue weighted by Crippen LogP contribution is 2.34. The molecule has 3 nitrogen and oxygen atoms in total. The molecule has 114 valence electrons. The topological polar surface area (TPSA) is 32.3 Å². The third kappa shape index (κ3) is 3.07. The van der Waals surface area contributed by atoms with Crippen LogP contribution in [0.15, 0.2) is 24.3 Å². The minimum absolute atomic E-state index is 0.339. The molecular weight excluding hydrogens is 260 g/mol. The predicted octanol–water partition coefficient (Wildman–Crippen LogP) is 3.77. The van der Waals surface area contributed by atoms with Crippen molar-refractivity contribution in [3.05, 3.63) is 29.8 Å². The number of nitrogens with one attached hydrogen (secondary N) is 1. The second kappa shape index (κ2) is 6.50. The molecule has 1 N–H and O–H groups in total. The highest BCUT2D eigenvalue weighted by Gasteiger charge is 2.29. The lowest BCUT2D eigenvalue weighted by Gasteiger charge is -2.34. The Morgan fingerprint density at radius 1 is 1.24 bits per heavy atom. The number of rotatable bonds is 4. The molecule has 0 saturated heterocycles. The standard InChI is InChI=1S/C18H26N2O/c1-2-20(15-8-4-3-5-9-15)18(21)12-14-13-19-17-11-7-6-10-16(14)17/h6-7,10-11,14-15,19H,2-5,8-9,12-13H2,1H3. The number of nitrogens with zero attached hydrogens (tertiary/aromatic N) is 1. The van der Waals surface area contributed by atoms with Gasteiger partial charge in [0.25, 0.3) is 0 Å². The van der Waals surface area contributed by atoms with Crippen LogP contribution in [0.25, 0.3) is 0 Å². The lowest BCUT2D eigenvalue weighted by molar-refractivity contribution is -0.134. The van der Waals surface area contributed by atoms with Crippen molar-refractivity contribution in [2.75, 3.05) is 18.4 Å². The zero-order valence-electron chi connectivity index (χ0n) is 13.0. The maximum atomic E-state index is 12.7. The normalized spacial score (nSPS) is 21.7. The summed E-state index contributed by atoms with van der Waals surface area (Å²) < 4.78 is 0. The van der Waals surface area contributed by atoms with E-state index in [1.807, 2.05) is 0 Å². The second-order valence-corrected chi connectivity index (χ2v) is 6.34. The number of hydrogen-bond acceptors (Lipinski definition) is 2. The summed E-state index contributed by atoms with van der Waals surface area (Å²) in [6, 6.07) is 8.88. The first-order chi connectivity index (χ1) is 10.3. The van der Waals surface area contributed by atoms with Crippen LogP contribution < -0.4 is 5.32 Å². The second-order valence-electron chi connectivity index (χ2n) is 6.34. The van der Waals surface area contributed by atoms with Crippen molar-refractivity contribution in [1.82, 2.24) is 4.90 Å². The Balaban J connectivity index is 1.65. The first-order valence-electron chi connectivity index (χ1n) is 8.42. The van der Waals surface area contributed by atoms with Crippen molar-refractivity contribution in [1.29, 1.82) is 0 Å². The average molecular weight is 286 g/mol. The number of anilines is 1. The lowest BCUT2D eigenvalue weighted by atomic mass is 9.92. The largest absolute Gasteiger partial charge is 0.384 e. The molecule has 1 aliphatic carbocycles. The fraction of sp³-hybridized carbons (Fsp3) is 0.611. The molecule has 0 aromatic heterocycles. The Bertz CT molecular complexity index is 494. The number of carbonyl (C=O) groups is 1. The van der Waals surface area contributed by atoms with Gasteiger partial charge < -0.3 is 10.2 Å². The van der Waals surface area contributed by atoms with Gasteiger partial charge in [-0.05, 0) is 31.4 Å². The van der Waals surface area contributed by atoms with Crippen LogP contribution >= 0.6 is 0 Å². The molecule has 1 saturated carbocycles. The van der Waals surface area contributed by atoms with Crippen LogP contribution in [0.1, 0.15) is 56.9 Å². The zero-order valence-corrected chi connectivity index (χ0v) is 13.0. The Morgan fingerprint density at radius 2 is 2.00 bits per heavy atom. The Hall–Kier alpha value is -1.51. The van der Waals surface area contributed by atoms with Gasteiger partial charge in [-0.1, -0.05) is 37.5 Å². The smallest absolute Gasteiger partial charge is 0.223 e. The van der Waals surface area contributed by atoms with Gasteiger partial charge in [-0.15, -0.1) is 0 Å². The summed E-state index contributed by atoms with van der Waals surface area (Å²) >= 11 is 0. The van der Waals surface area contributed by atoms with Crippen molar-refractivity contribution in [3.8, 4) is 0 Å². The molecule has 1 atom stereocenters. The molecule has 1 fully saturated rings. The SMILES string of the molecule is CCN(C(=O)CC1CNc2ccccc21)C1CCCCC1. The van der Waals surface area contributed by atoms with E-state index < -0.39 is 0 Å². The third-order valence-electron chi connectivity index (χ3n) is 5.04. The molecule has 1 aromatic carbocycles. The quantitative estimate of drug-likeness (QED) is 0.914. The van der Waals surface area contributed by atoms with E-state index in [4.69, 9.17) is 0 Å². The Morgan fingerprint density at radius 3 is 2.76 bits per heavy atom. The lowest BCUT2D eigenvalue weighted by Crippen LogP contribution is -2.41. The molecule has 2 aliphatic rings. The summed E-state index contributed by atoms with van der Waals surface area (Å²) in [5, 5.41) is 3.42. The van der Waals surface area contributed by atoms with Gasteiger partial charge in [-0.25, -0.2) is 0 Å². The molecule has 3 heteroatoms. The van der Waals surface area contributed by atoms with Gasteiger partial charge in [0.05, 0.1) is 0 Å². The molecule has 0 spiro atoms. The van der Waals surface area contributed by atoms with Crippen LogP contribution in [0, 0.1) is 0 Å². The number of benzene rings is 1. The molecule has 21 heavy (non-hydrogen) atoms. The van der Waals surface area contributed by atoms with E-state index >= 15 is 0 Å². The highest BCUT2D eigenvalue weighted by molar-refractivity contribution is 5.78. The van der Waals surface area contributed by atoms with E-state index in [-0.39, 0.29) is 0 Å². The van der Waals surface area contributed by atoms with Crippen LogP contribution in [0.4, 0.5) is 5.69 Å².